The zero-order chi connectivity index (χ0) is 20.1. The summed E-state index contributed by atoms with van der Waals surface area (Å²) < 4.78 is 0. The fraction of sp³-hybridized carbons (Fsp3) is 0.200. The molecule has 1 saturated heterocycles. The number of para-hydroxylation sites is 1. The molecule has 148 valence electrons. The van der Waals surface area contributed by atoms with Gasteiger partial charge in [-0.3, -0.25) is 0 Å². The maximum atomic E-state index is 6.04. The van der Waals surface area contributed by atoms with Gasteiger partial charge in [0, 0.05) is 18.8 Å². The predicted molar refractivity (Wildman–Crippen MR) is 119 cm³/mol. The quantitative estimate of drug-likeness (QED) is 0.427. The van der Waals surface area contributed by atoms with Crippen molar-refractivity contribution in [3.05, 3.63) is 64.1 Å². The van der Waals surface area contributed by atoms with Gasteiger partial charge in [0.05, 0.1) is 16.3 Å². The van der Waals surface area contributed by atoms with Crippen LogP contribution >= 0.6 is 23.2 Å². The molecule has 4 rings (SSSR count). The second kappa shape index (κ2) is 9.07. The largest absolute Gasteiger partial charge is 0.341 e. The van der Waals surface area contributed by atoms with Crippen molar-refractivity contribution >= 4 is 52.9 Å². The molecule has 0 amide bonds. The average molecular weight is 428 g/mol. The zero-order valence-electron chi connectivity index (χ0n) is 15.5. The Bertz CT molecular complexity index is 1000. The second-order valence-electron chi connectivity index (χ2n) is 6.51. The molecule has 0 radical (unpaired) electrons. The lowest BCUT2D eigenvalue weighted by atomic mass is 10.2. The fourth-order valence-electron chi connectivity index (χ4n) is 2.94. The van der Waals surface area contributed by atoms with E-state index in [0.29, 0.717) is 27.9 Å². The molecule has 0 saturated carbocycles. The summed E-state index contributed by atoms with van der Waals surface area (Å²) in [6, 6.07) is 15.0. The standard InChI is InChI=1S/C20H19Cl2N7/c21-16-9-8-14(12-17(16)22)13-23-28-19-25-18(24-15-6-2-1-3-7-15)26-20(27-19)29-10-4-5-11-29/h1-3,6-9,12-13H,4-5,10-11H2,(H2,24,25,26,27,28)/b23-13-. The lowest BCUT2D eigenvalue weighted by Crippen LogP contribution is -2.21. The zero-order valence-corrected chi connectivity index (χ0v) is 17.0. The molecule has 29 heavy (non-hydrogen) atoms. The number of nitrogens with zero attached hydrogens (tertiary/aromatic N) is 5. The fourth-order valence-corrected chi connectivity index (χ4v) is 3.24. The van der Waals surface area contributed by atoms with E-state index >= 15 is 0 Å². The second-order valence-corrected chi connectivity index (χ2v) is 7.33. The van der Waals surface area contributed by atoms with Crippen LogP contribution in [0.4, 0.5) is 23.5 Å². The SMILES string of the molecule is Clc1ccc(/C=N\Nc2nc(Nc3ccccc3)nc(N3CCCC3)n2)cc1Cl. The third-order valence-electron chi connectivity index (χ3n) is 4.36. The molecule has 3 aromatic rings. The van der Waals surface area contributed by atoms with Crippen LogP contribution in [0.3, 0.4) is 0 Å². The van der Waals surface area contributed by atoms with Crippen molar-refractivity contribution in [3.63, 3.8) is 0 Å². The van der Waals surface area contributed by atoms with Gasteiger partial charge in [-0.2, -0.15) is 20.1 Å². The number of aromatic nitrogens is 3. The minimum Gasteiger partial charge on any atom is -0.341 e. The van der Waals surface area contributed by atoms with E-state index in [9.17, 15) is 0 Å². The van der Waals surface area contributed by atoms with E-state index in [4.69, 9.17) is 23.2 Å². The van der Waals surface area contributed by atoms with E-state index in [1.54, 1.807) is 18.3 Å². The smallest absolute Gasteiger partial charge is 0.250 e. The van der Waals surface area contributed by atoms with Gasteiger partial charge in [0.1, 0.15) is 0 Å². The molecule has 0 aliphatic carbocycles. The van der Waals surface area contributed by atoms with Crippen molar-refractivity contribution in [2.45, 2.75) is 12.8 Å². The van der Waals surface area contributed by atoms with Crippen molar-refractivity contribution in [3.8, 4) is 0 Å². The number of hydrogen-bond donors (Lipinski definition) is 2. The third kappa shape index (κ3) is 5.13. The molecule has 1 aromatic heterocycles. The summed E-state index contributed by atoms with van der Waals surface area (Å²) in [4.78, 5) is 15.7. The van der Waals surface area contributed by atoms with Gasteiger partial charge in [-0.25, -0.2) is 5.43 Å². The Hall–Kier alpha value is -2.90. The van der Waals surface area contributed by atoms with Crippen LogP contribution in [0.1, 0.15) is 18.4 Å². The number of hydrazone groups is 1. The summed E-state index contributed by atoms with van der Waals surface area (Å²) in [5, 5.41) is 8.41. The Kier molecular flexibility index (Phi) is 6.07. The molecule has 2 heterocycles. The van der Waals surface area contributed by atoms with Crippen LogP contribution in [0.25, 0.3) is 0 Å². The number of rotatable bonds is 6. The monoisotopic (exact) mass is 427 g/mol. The third-order valence-corrected chi connectivity index (χ3v) is 5.10. The van der Waals surface area contributed by atoms with E-state index in [-0.39, 0.29) is 0 Å². The highest BCUT2D eigenvalue weighted by molar-refractivity contribution is 6.42. The highest BCUT2D eigenvalue weighted by Gasteiger charge is 2.17. The number of anilines is 4. The highest BCUT2D eigenvalue weighted by Crippen LogP contribution is 2.22. The molecule has 9 heteroatoms. The van der Waals surface area contributed by atoms with Crippen LogP contribution < -0.4 is 15.6 Å². The number of hydrogen-bond acceptors (Lipinski definition) is 7. The minimum atomic E-state index is 0.358. The molecule has 2 N–H and O–H groups in total. The molecule has 2 aromatic carbocycles. The van der Waals surface area contributed by atoms with Crippen LogP contribution in [0.5, 0.6) is 0 Å². The summed E-state index contributed by atoms with van der Waals surface area (Å²) >= 11 is 12.0. The van der Waals surface area contributed by atoms with E-state index in [1.165, 1.54) is 0 Å². The Balaban J connectivity index is 1.55. The first-order valence-electron chi connectivity index (χ1n) is 9.24. The summed E-state index contributed by atoms with van der Waals surface area (Å²) in [5.41, 5.74) is 4.59. The molecular formula is C20H19Cl2N7. The van der Waals surface area contributed by atoms with Crippen LogP contribution in [-0.4, -0.2) is 34.3 Å². The maximum Gasteiger partial charge on any atom is 0.250 e. The van der Waals surface area contributed by atoms with Gasteiger partial charge in [0.25, 0.3) is 0 Å². The summed E-state index contributed by atoms with van der Waals surface area (Å²) in [6.45, 7) is 1.86. The Morgan fingerprint density at radius 2 is 1.66 bits per heavy atom. The molecule has 0 atom stereocenters. The van der Waals surface area contributed by atoms with Gasteiger partial charge in [-0.15, -0.1) is 0 Å². The van der Waals surface area contributed by atoms with Gasteiger partial charge in [-0.1, -0.05) is 47.5 Å². The lowest BCUT2D eigenvalue weighted by molar-refractivity contribution is 0.883. The van der Waals surface area contributed by atoms with Crippen LogP contribution in [0.2, 0.25) is 10.0 Å². The number of benzene rings is 2. The molecule has 0 bridgehead atoms. The molecule has 0 spiro atoms. The van der Waals surface area contributed by atoms with Crippen molar-refractivity contribution in [1.82, 2.24) is 15.0 Å². The minimum absolute atomic E-state index is 0.358. The molecule has 7 nitrogen and oxygen atoms in total. The van der Waals surface area contributed by atoms with E-state index in [0.717, 1.165) is 37.2 Å². The van der Waals surface area contributed by atoms with Crippen molar-refractivity contribution in [2.24, 2.45) is 5.10 Å². The predicted octanol–water partition coefficient (Wildman–Crippen LogP) is 4.97. The van der Waals surface area contributed by atoms with Gasteiger partial charge in [-0.05, 0) is 42.7 Å². The first kappa shape index (κ1) is 19.4. The first-order valence-corrected chi connectivity index (χ1v) is 10.0. The summed E-state index contributed by atoms with van der Waals surface area (Å²) in [7, 11) is 0. The summed E-state index contributed by atoms with van der Waals surface area (Å²) in [6.07, 6.45) is 3.89. The van der Waals surface area contributed by atoms with Gasteiger partial charge in [0.15, 0.2) is 0 Å². The Labute approximate surface area is 178 Å². The molecule has 1 aliphatic rings. The molecule has 1 fully saturated rings. The van der Waals surface area contributed by atoms with Gasteiger partial charge >= 0.3 is 0 Å². The molecule has 0 unspecified atom stereocenters. The van der Waals surface area contributed by atoms with E-state index in [2.05, 4.69) is 35.7 Å². The average Bonchev–Trinajstić information content (AvgIpc) is 3.26. The van der Waals surface area contributed by atoms with Crippen molar-refractivity contribution in [1.29, 1.82) is 0 Å². The van der Waals surface area contributed by atoms with Gasteiger partial charge in [0.2, 0.25) is 17.8 Å². The Morgan fingerprint density at radius 1 is 0.897 bits per heavy atom. The number of halogens is 2. The summed E-state index contributed by atoms with van der Waals surface area (Å²) in [5.74, 6) is 1.44. The molecular weight excluding hydrogens is 409 g/mol. The van der Waals surface area contributed by atoms with Crippen molar-refractivity contribution < 1.29 is 0 Å². The van der Waals surface area contributed by atoms with Gasteiger partial charge < -0.3 is 10.2 Å². The Morgan fingerprint density at radius 3 is 2.41 bits per heavy atom. The number of nitrogens with one attached hydrogen (secondary N) is 2. The van der Waals surface area contributed by atoms with Crippen molar-refractivity contribution in [2.75, 3.05) is 28.7 Å². The van der Waals surface area contributed by atoms with Crippen LogP contribution in [-0.2, 0) is 0 Å². The maximum absolute atomic E-state index is 6.04. The topological polar surface area (TPSA) is 78.3 Å². The first-order chi connectivity index (χ1) is 14.2. The highest BCUT2D eigenvalue weighted by atomic mass is 35.5. The lowest BCUT2D eigenvalue weighted by Gasteiger charge is -2.16. The normalized spacial score (nSPS) is 13.8. The van der Waals surface area contributed by atoms with E-state index < -0.39 is 0 Å². The van der Waals surface area contributed by atoms with Crippen LogP contribution in [0, 0.1) is 0 Å². The molecule has 1 aliphatic heterocycles. The van der Waals surface area contributed by atoms with Crippen LogP contribution in [0.15, 0.2) is 53.6 Å². The van der Waals surface area contributed by atoms with E-state index in [1.807, 2.05) is 36.4 Å².